The number of nitrogens with zero attached hydrogens (tertiary/aromatic N) is 3. The van der Waals surface area contributed by atoms with Crippen LogP contribution in [0.4, 0.5) is 11.5 Å². The highest BCUT2D eigenvalue weighted by atomic mass is 16.5. The maximum Gasteiger partial charge on any atom is 0.271 e. The molecule has 0 fully saturated rings. The first-order chi connectivity index (χ1) is 13.2. The number of ether oxygens (including phenoxy) is 2. The Morgan fingerprint density at radius 1 is 1.00 bits per heavy atom. The van der Waals surface area contributed by atoms with Crippen LogP contribution in [0.25, 0.3) is 0 Å². The summed E-state index contributed by atoms with van der Waals surface area (Å²) in [7, 11) is 3.15. The average molecular weight is 365 g/mol. The smallest absolute Gasteiger partial charge is 0.271 e. The van der Waals surface area contributed by atoms with Gasteiger partial charge in [-0.25, -0.2) is 9.97 Å². The van der Waals surface area contributed by atoms with Gasteiger partial charge in [-0.3, -0.25) is 9.78 Å². The van der Waals surface area contributed by atoms with Gasteiger partial charge in [-0.15, -0.1) is 0 Å². The number of rotatable bonds is 7. The summed E-state index contributed by atoms with van der Waals surface area (Å²) >= 11 is 0. The van der Waals surface area contributed by atoms with E-state index in [-0.39, 0.29) is 11.6 Å². The van der Waals surface area contributed by atoms with Crippen molar-refractivity contribution in [2.24, 2.45) is 0 Å². The molecule has 0 saturated carbocycles. The summed E-state index contributed by atoms with van der Waals surface area (Å²) in [5.74, 6) is 1.42. The van der Waals surface area contributed by atoms with Gasteiger partial charge in [0.1, 0.15) is 11.5 Å². The Morgan fingerprint density at radius 3 is 2.52 bits per heavy atom. The van der Waals surface area contributed by atoms with Crippen LogP contribution < -0.4 is 20.1 Å². The third kappa shape index (κ3) is 4.69. The zero-order valence-electron chi connectivity index (χ0n) is 15.0. The van der Waals surface area contributed by atoms with Crippen LogP contribution in [0.3, 0.4) is 0 Å². The molecule has 1 amide bonds. The second kappa shape index (κ2) is 8.61. The molecule has 3 aromatic rings. The van der Waals surface area contributed by atoms with Crippen LogP contribution in [0.2, 0.25) is 0 Å². The van der Waals surface area contributed by atoms with Crippen LogP contribution in [0.15, 0.2) is 55.0 Å². The standard InChI is InChI=1S/C19H19N5O3/c1-26-16-7-6-13(9-17(16)27-2)24-18-12-21-15(11-22-18)19(25)23-10-14-5-3-4-8-20-14/h3-9,11-12H,10H2,1-2H3,(H,22,24)(H,23,25). The van der Waals surface area contributed by atoms with Crippen molar-refractivity contribution >= 4 is 17.4 Å². The molecule has 27 heavy (non-hydrogen) atoms. The molecule has 0 atom stereocenters. The van der Waals surface area contributed by atoms with Crippen LogP contribution in [0.5, 0.6) is 11.5 Å². The van der Waals surface area contributed by atoms with Crippen molar-refractivity contribution in [1.29, 1.82) is 0 Å². The van der Waals surface area contributed by atoms with Crippen molar-refractivity contribution in [3.8, 4) is 11.5 Å². The number of hydrogen-bond donors (Lipinski definition) is 2. The van der Waals surface area contributed by atoms with Gasteiger partial charge in [0.05, 0.1) is 38.9 Å². The molecule has 0 aliphatic carbocycles. The molecule has 0 saturated heterocycles. The quantitative estimate of drug-likeness (QED) is 0.664. The minimum atomic E-state index is -0.314. The molecule has 2 heterocycles. The Morgan fingerprint density at radius 2 is 1.85 bits per heavy atom. The zero-order valence-corrected chi connectivity index (χ0v) is 15.0. The summed E-state index contributed by atoms with van der Waals surface area (Å²) in [5.41, 5.74) is 1.75. The normalized spacial score (nSPS) is 10.1. The molecule has 0 bridgehead atoms. The predicted octanol–water partition coefficient (Wildman–Crippen LogP) is 2.56. The summed E-state index contributed by atoms with van der Waals surface area (Å²) < 4.78 is 10.5. The van der Waals surface area contributed by atoms with Gasteiger partial charge in [0.25, 0.3) is 5.91 Å². The zero-order chi connectivity index (χ0) is 19.1. The van der Waals surface area contributed by atoms with Crippen molar-refractivity contribution in [3.05, 3.63) is 66.4 Å². The van der Waals surface area contributed by atoms with E-state index in [0.29, 0.717) is 23.9 Å². The van der Waals surface area contributed by atoms with Gasteiger partial charge < -0.3 is 20.1 Å². The van der Waals surface area contributed by atoms with Crippen LogP contribution in [-0.4, -0.2) is 35.1 Å². The summed E-state index contributed by atoms with van der Waals surface area (Å²) in [5, 5.41) is 5.86. The summed E-state index contributed by atoms with van der Waals surface area (Å²) in [6.45, 7) is 0.326. The Balaban J connectivity index is 1.62. The monoisotopic (exact) mass is 365 g/mol. The van der Waals surface area contributed by atoms with E-state index in [9.17, 15) is 4.79 Å². The van der Waals surface area contributed by atoms with Crippen molar-refractivity contribution in [1.82, 2.24) is 20.3 Å². The van der Waals surface area contributed by atoms with Gasteiger partial charge in [-0.05, 0) is 24.3 Å². The average Bonchev–Trinajstić information content (AvgIpc) is 2.73. The Hall–Kier alpha value is -3.68. The topological polar surface area (TPSA) is 98.3 Å². The predicted molar refractivity (Wildman–Crippen MR) is 100 cm³/mol. The van der Waals surface area contributed by atoms with Crippen molar-refractivity contribution in [3.63, 3.8) is 0 Å². The SMILES string of the molecule is COc1ccc(Nc2cnc(C(=O)NCc3ccccn3)cn2)cc1OC. The summed E-state index contributed by atoms with van der Waals surface area (Å²) in [4.78, 5) is 24.7. The van der Waals surface area contributed by atoms with Gasteiger partial charge in [-0.2, -0.15) is 0 Å². The first kappa shape index (κ1) is 18.1. The van der Waals surface area contributed by atoms with Crippen molar-refractivity contribution < 1.29 is 14.3 Å². The lowest BCUT2D eigenvalue weighted by Gasteiger charge is -2.11. The maximum absolute atomic E-state index is 12.1. The van der Waals surface area contributed by atoms with Crippen LogP contribution in [-0.2, 0) is 6.54 Å². The molecule has 0 unspecified atom stereocenters. The first-order valence-corrected chi connectivity index (χ1v) is 8.19. The third-order valence-corrected chi connectivity index (χ3v) is 3.70. The lowest BCUT2D eigenvalue weighted by molar-refractivity contribution is 0.0945. The van der Waals surface area contributed by atoms with Gasteiger partial charge in [0, 0.05) is 18.0 Å². The minimum absolute atomic E-state index is 0.226. The van der Waals surface area contributed by atoms with Gasteiger partial charge in [-0.1, -0.05) is 6.07 Å². The number of hydrogen-bond acceptors (Lipinski definition) is 7. The Bertz CT molecular complexity index is 901. The summed E-state index contributed by atoms with van der Waals surface area (Å²) in [6.07, 6.45) is 4.58. The molecule has 2 N–H and O–H groups in total. The largest absolute Gasteiger partial charge is 0.493 e. The van der Waals surface area contributed by atoms with E-state index in [1.807, 2.05) is 24.3 Å². The maximum atomic E-state index is 12.1. The minimum Gasteiger partial charge on any atom is -0.493 e. The van der Waals surface area contributed by atoms with Crippen LogP contribution in [0, 0.1) is 0 Å². The number of amides is 1. The number of nitrogens with one attached hydrogen (secondary N) is 2. The Labute approximate surface area is 156 Å². The summed E-state index contributed by atoms with van der Waals surface area (Å²) in [6, 6.07) is 10.9. The second-order valence-electron chi connectivity index (χ2n) is 5.49. The van der Waals surface area contributed by atoms with E-state index in [1.165, 1.54) is 12.4 Å². The number of carbonyl (C=O) groups is 1. The van der Waals surface area contributed by atoms with Crippen LogP contribution in [0.1, 0.15) is 16.2 Å². The fourth-order valence-electron chi connectivity index (χ4n) is 2.34. The fourth-order valence-corrected chi connectivity index (χ4v) is 2.34. The highest BCUT2D eigenvalue weighted by Crippen LogP contribution is 2.30. The highest BCUT2D eigenvalue weighted by Gasteiger charge is 2.09. The molecule has 0 aliphatic heterocycles. The number of anilines is 2. The van der Waals surface area contributed by atoms with E-state index < -0.39 is 0 Å². The van der Waals surface area contributed by atoms with Gasteiger partial charge >= 0.3 is 0 Å². The number of aromatic nitrogens is 3. The molecule has 0 aliphatic rings. The number of carbonyl (C=O) groups excluding carboxylic acids is 1. The van der Waals surface area contributed by atoms with E-state index in [2.05, 4.69) is 25.6 Å². The van der Waals surface area contributed by atoms with E-state index >= 15 is 0 Å². The molecule has 138 valence electrons. The van der Waals surface area contributed by atoms with Crippen molar-refractivity contribution in [2.75, 3.05) is 19.5 Å². The molecule has 0 radical (unpaired) electrons. The molecule has 1 aromatic carbocycles. The third-order valence-electron chi connectivity index (χ3n) is 3.70. The Kier molecular flexibility index (Phi) is 5.78. The molecule has 3 rings (SSSR count). The van der Waals surface area contributed by atoms with E-state index in [1.54, 1.807) is 32.5 Å². The van der Waals surface area contributed by atoms with Gasteiger partial charge in [0.2, 0.25) is 0 Å². The molecule has 2 aromatic heterocycles. The van der Waals surface area contributed by atoms with Gasteiger partial charge in [0.15, 0.2) is 11.5 Å². The number of methoxy groups -OCH3 is 2. The molecule has 8 heteroatoms. The first-order valence-electron chi connectivity index (χ1n) is 8.19. The highest BCUT2D eigenvalue weighted by molar-refractivity contribution is 5.91. The lowest BCUT2D eigenvalue weighted by Crippen LogP contribution is -2.24. The fraction of sp³-hybridized carbons (Fsp3) is 0.158. The molecule has 8 nitrogen and oxygen atoms in total. The van der Waals surface area contributed by atoms with E-state index in [0.717, 1.165) is 11.4 Å². The van der Waals surface area contributed by atoms with Crippen molar-refractivity contribution in [2.45, 2.75) is 6.54 Å². The second-order valence-corrected chi connectivity index (χ2v) is 5.49. The van der Waals surface area contributed by atoms with Crippen LogP contribution >= 0.6 is 0 Å². The lowest BCUT2D eigenvalue weighted by atomic mass is 10.2. The number of benzene rings is 1. The molecular formula is C19H19N5O3. The molecular weight excluding hydrogens is 346 g/mol. The number of pyridine rings is 1. The molecule has 0 spiro atoms. The van der Waals surface area contributed by atoms with E-state index in [4.69, 9.17) is 9.47 Å².